The van der Waals surface area contributed by atoms with E-state index < -0.39 is 0 Å². The topological polar surface area (TPSA) is 41.1 Å². The number of nitrogens with one attached hydrogen (secondary N) is 2. The molecule has 94 valence electrons. The van der Waals surface area contributed by atoms with Gasteiger partial charge < -0.3 is 10.6 Å². The summed E-state index contributed by atoms with van der Waals surface area (Å²) in [5, 5.41) is 6.53. The quantitative estimate of drug-likeness (QED) is 0.661. The predicted octanol–water partition coefficient (Wildman–Crippen LogP) is 1.78. The fraction of sp³-hybridized carbons (Fsp3) is 0.923. The Kier molecular flexibility index (Phi) is 3.68. The van der Waals surface area contributed by atoms with Crippen molar-refractivity contribution in [1.29, 1.82) is 0 Å². The highest BCUT2D eigenvalue weighted by Gasteiger charge is 2.43. The van der Waals surface area contributed by atoms with E-state index in [1.807, 2.05) is 0 Å². The van der Waals surface area contributed by atoms with Crippen LogP contribution in [0.3, 0.4) is 0 Å². The summed E-state index contributed by atoms with van der Waals surface area (Å²) >= 11 is 0. The molecule has 1 fully saturated rings. The van der Waals surface area contributed by atoms with Gasteiger partial charge in [-0.05, 0) is 10.8 Å². The van der Waals surface area contributed by atoms with E-state index in [1.165, 1.54) is 0 Å². The molecule has 3 nitrogen and oxygen atoms in total. The highest BCUT2D eigenvalue weighted by atomic mass is 16.2. The molecule has 3 heteroatoms. The van der Waals surface area contributed by atoms with E-state index in [4.69, 9.17) is 0 Å². The van der Waals surface area contributed by atoms with E-state index in [0.29, 0.717) is 0 Å². The van der Waals surface area contributed by atoms with Crippen molar-refractivity contribution in [1.82, 2.24) is 10.6 Å². The molecule has 0 saturated carbocycles. The molecular formula is C13H26N2O. The van der Waals surface area contributed by atoms with E-state index >= 15 is 0 Å². The Morgan fingerprint density at radius 3 is 2.00 bits per heavy atom. The van der Waals surface area contributed by atoms with E-state index in [9.17, 15) is 4.79 Å². The van der Waals surface area contributed by atoms with Crippen LogP contribution in [0, 0.1) is 16.7 Å². The average Bonchev–Trinajstić information content (AvgIpc) is 2.23. The van der Waals surface area contributed by atoms with Gasteiger partial charge in [0, 0.05) is 19.1 Å². The first-order chi connectivity index (χ1) is 7.14. The second-order valence-corrected chi connectivity index (χ2v) is 6.93. The molecule has 2 unspecified atom stereocenters. The van der Waals surface area contributed by atoms with Crippen LogP contribution in [0.1, 0.15) is 41.5 Å². The maximum Gasteiger partial charge on any atom is 0.225 e. The van der Waals surface area contributed by atoms with Gasteiger partial charge in [0.05, 0.1) is 5.92 Å². The summed E-state index contributed by atoms with van der Waals surface area (Å²) in [6.45, 7) is 14.6. The second-order valence-electron chi connectivity index (χ2n) is 6.93. The minimum atomic E-state index is -0.0145. The summed E-state index contributed by atoms with van der Waals surface area (Å²) in [4.78, 5) is 12.2. The number of carbonyl (C=O) groups excluding carboxylic acids is 1. The van der Waals surface area contributed by atoms with Crippen LogP contribution in [0.15, 0.2) is 0 Å². The minimum absolute atomic E-state index is 0.0145. The number of amides is 1. The lowest BCUT2D eigenvalue weighted by molar-refractivity contribution is -0.130. The summed E-state index contributed by atoms with van der Waals surface area (Å²) in [5.74, 6) is 0.215. The van der Waals surface area contributed by atoms with Gasteiger partial charge in [0.1, 0.15) is 0 Å². The molecule has 2 atom stereocenters. The lowest BCUT2D eigenvalue weighted by Gasteiger charge is -2.41. The standard InChI is InChI=1S/C13H26N2O/c1-12(2,3)9-10(13(4,5)6)14-7-8-15-11(9)16/h9-10,14H,7-8H2,1-6H3,(H,15,16). The average molecular weight is 226 g/mol. The molecule has 0 aromatic rings. The molecule has 0 aromatic heterocycles. The number of hydrogen-bond acceptors (Lipinski definition) is 2. The normalized spacial score (nSPS) is 28.5. The molecule has 0 bridgehead atoms. The molecule has 0 radical (unpaired) electrons. The van der Waals surface area contributed by atoms with Crippen LogP contribution in [-0.2, 0) is 4.79 Å². The van der Waals surface area contributed by atoms with Gasteiger partial charge in [-0.2, -0.15) is 0 Å². The fourth-order valence-electron chi connectivity index (χ4n) is 2.49. The van der Waals surface area contributed by atoms with Crippen molar-refractivity contribution in [2.24, 2.45) is 16.7 Å². The summed E-state index contributed by atoms with van der Waals surface area (Å²) in [5.41, 5.74) is 0.0823. The molecule has 1 aliphatic rings. The number of hydrogen-bond donors (Lipinski definition) is 2. The van der Waals surface area contributed by atoms with Gasteiger partial charge in [0.2, 0.25) is 5.91 Å². The third-order valence-corrected chi connectivity index (χ3v) is 3.27. The van der Waals surface area contributed by atoms with Crippen LogP contribution >= 0.6 is 0 Å². The predicted molar refractivity (Wildman–Crippen MR) is 67.2 cm³/mol. The Morgan fingerprint density at radius 1 is 1.00 bits per heavy atom. The first-order valence-corrected chi connectivity index (χ1v) is 6.15. The van der Waals surface area contributed by atoms with Crippen molar-refractivity contribution < 1.29 is 4.79 Å². The smallest absolute Gasteiger partial charge is 0.225 e. The maximum absolute atomic E-state index is 12.2. The van der Waals surface area contributed by atoms with Crippen molar-refractivity contribution in [2.75, 3.05) is 13.1 Å². The van der Waals surface area contributed by atoms with Crippen LogP contribution in [-0.4, -0.2) is 25.0 Å². The van der Waals surface area contributed by atoms with Crippen LogP contribution < -0.4 is 10.6 Å². The van der Waals surface area contributed by atoms with Gasteiger partial charge in [-0.1, -0.05) is 41.5 Å². The van der Waals surface area contributed by atoms with Crippen LogP contribution in [0.4, 0.5) is 0 Å². The lowest BCUT2D eigenvalue weighted by atomic mass is 9.68. The minimum Gasteiger partial charge on any atom is -0.355 e. The summed E-state index contributed by atoms with van der Waals surface area (Å²) in [7, 11) is 0. The largest absolute Gasteiger partial charge is 0.355 e. The SMILES string of the molecule is CC(C)(C)C1NCCNC(=O)C1C(C)(C)C. The van der Waals surface area contributed by atoms with Crippen molar-refractivity contribution in [3.63, 3.8) is 0 Å². The Balaban J connectivity index is 3.05. The molecule has 1 saturated heterocycles. The maximum atomic E-state index is 12.2. The van der Waals surface area contributed by atoms with Gasteiger partial charge in [-0.3, -0.25) is 4.79 Å². The van der Waals surface area contributed by atoms with Crippen molar-refractivity contribution in [3.8, 4) is 0 Å². The fourth-order valence-corrected chi connectivity index (χ4v) is 2.49. The molecule has 0 aromatic carbocycles. The first-order valence-electron chi connectivity index (χ1n) is 6.15. The molecule has 1 heterocycles. The Hall–Kier alpha value is -0.570. The summed E-state index contributed by atoms with van der Waals surface area (Å²) in [6, 6.07) is 0.231. The third-order valence-electron chi connectivity index (χ3n) is 3.27. The Morgan fingerprint density at radius 2 is 1.56 bits per heavy atom. The second kappa shape index (κ2) is 4.36. The van der Waals surface area contributed by atoms with Crippen LogP contribution in [0.5, 0.6) is 0 Å². The molecule has 2 N–H and O–H groups in total. The number of carbonyl (C=O) groups is 1. The zero-order valence-corrected chi connectivity index (χ0v) is 11.5. The van der Waals surface area contributed by atoms with E-state index in [1.54, 1.807) is 0 Å². The molecular weight excluding hydrogens is 200 g/mol. The van der Waals surface area contributed by atoms with Gasteiger partial charge in [-0.25, -0.2) is 0 Å². The monoisotopic (exact) mass is 226 g/mol. The Bertz CT molecular complexity index is 260. The molecule has 1 aliphatic heterocycles. The van der Waals surface area contributed by atoms with Crippen LogP contribution in [0.25, 0.3) is 0 Å². The van der Waals surface area contributed by atoms with Gasteiger partial charge in [0.25, 0.3) is 0 Å². The summed E-state index contributed by atoms with van der Waals surface area (Å²) in [6.07, 6.45) is 0. The lowest BCUT2D eigenvalue weighted by Crippen LogP contribution is -2.52. The van der Waals surface area contributed by atoms with Crippen molar-refractivity contribution >= 4 is 5.91 Å². The number of rotatable bonds is 0. The third kappa shape index (κ3) is 2.97. The zero-order valence-electron chi connectivity index (χ0n) is 11.5. The first kappa shape index (κ1) is 13.5. The molecule has 0 spiro atoms. The molecule has 1 amide bonds. The molecule has 1 rings (SSSR count). The molecule has 16 heavy (non-hydrogen) atoms. The zero-order chi connectivity index (χ0) is 12.6. The highest BCUT2D eigenvalue weighted by Crippen LogP contribution is 2.37. The summed E-state index contributed by atoms with van der Waals surface area (Å²) < 4.78 is 0. The van der Waals surface area contributed by atoms with Crippen molar-refractivity contribution in [2.45, 2.75) is 47.6 Å². The van der Waals surface area contributed by atoms with Crippen LogP contribution in [0.2, 0.25) is 0 Å². The van der Waals surface area contributed by atoms with Gasteiger partial charge in [0.15, 0.2) is 0 Å². The van der Waals surface area contributed by atoms with Crippen molar-refractivity contribution in [3.05, 3.63) is 0 Å². The van der Waals surface area contributed by atoms with Gasteiger partial charge in [-0.15, -0.1) is 0 Å². The molecule has 0 aliphatic carbocycles. The van der Waals surface area contributed by atoms with E-state index in [0.717, 1.165) is 13.1 Å². The highest BCUT2D eigenvalue weighted by molar-refractivity contribution is 5.80. The van der Waals surface area contributed by atoms with E-state index in [2.05, 4.69) is 52.2 Å². The van der Waals surface area contributed by atoms with Gasteiger partial charge >= 0.3 is 0 Å². The Labute approximate surface area is 99.4 Å². The van der Waals surface area contributed by atoms with E-state index in [-0.39, 0.29) is 28.7 Å².